The van der Waals surface area contributed by atoms with E-state index in [1.807, 2.05) is 0 Å². The summed E-state index contributed by atoms with van der Waals surface area (Å²) in [5, 5.41) is 0. The van der Waals surface area contributed by atoms with E-state index >= 15 is 0 Å². The zero-order valence-electron chi connectivity index (χ0n) is 28.5. The molecule has 3 heteroatoms. The van der Waals surface area contributed by atoms with Gasteiger partial charge in [0.1, 0.15) is 11.4 Å². The van der Waals surface area contributed by atoms with Gasteiger partial charge in [0.2, 0.25) is 0 Å². The first-order valence-electron chi connectivity index (χ1n) is 17.0. The topological polar surface area (TPSA) is 9.23 Å². The van der Waals surface area contributed by atoms with Gasteiger partial charge in [-0.15, -0.1) is 0 Å². The van der Waals surface area contributed by atoms with E-state index in [2.05, 4.69) is 227 Å². The molecule has 0 fully saturated rings. The average Bonchev–Trinajstić information content (AvgIpc) is 3.15. The van der Waals surface area contributed by atoms with Crippen molar-refractivity contribution in [2.45, 2.75) is 41.1 Å². The van der Waals surface area contributed by atoms with Crippen molar-refractivity contribution in [1.29, 1.82) is 0 Å². The first-order chi connectivity index (χ1) is 23.9. The summed E-state index contributed by atoms with van der Waals surface area (Å²) in [5.41, 5.74) is -0.179. The Morgan fingerprint density at radius 2 is 0.612 bits per heavy atom. The minimum atomic E-state index is -3.21. The first kappa shape index (κ1) is 34.2. The molecule has 242 valence electrons. The van der Waals surface area contributed by atoms with Crippen LogP contribution in [0.2, 0.25) is 0 Å². The number of hydrogen-bond donors (Lipinski definition) is 0. The van der Waals surface area contributed by atoms with Crippen LogP contribution in [0.3, 0.4) is 0 Å². The molecule has 0 unspecified atom stereocenters. The van der Waals surface area contributed by atoms with Gasteiger partial charge >= 0.3 is 153 Å². The summed E-state index contributed by atoms with van der Waals surface area (Å²) < 4.78 is 11.9. The van der Waals surface area contributed by atoms with Crippen LogP contribution in [-0.4, -0.2) is 20.6 Å². The Hall–Kier alpha value is -4.67. The number of ether oxygens (including phenoxy) is 1. The van der Waals surface area contributed by atoms with Crippen molar-refractivity contribution >= 4 is 42.4 Å². The van der Waals surface area contributed by atoms with E-state index in [1.54, 1.807) is 0 Å². The Morgan fingerprint density at radius 3 is 0.898 bits per heavy atom. The molecule has 0 saturated heterocycles. The summed E-state index contributed by atoms with van der Waals surface area (Å²) in [6.07, 6.45) is 0. The second-order valence-corrected chi connectivity index (χ2v) is 24.4. The summed E-state index contributed by atoms with van der Waals surface area (Å²) in [4.78, 5) is 3.95. The van der Waals surface area contributed by atoms with E-state index in [1.165, 1.54) is 31.2 Å². The van der Waals surface area contributed by atoms with Crippen LogP contribution in [0.4, 0.5) is 0 Å². The van der Waals surface area contributed by atoms with Crippen molar-refractivity contribution in [1.82, 2.24) is 0 Å². The van der Waals surface area contributed by atoms with Gasteiger partial charge in [-0.2, -0.15) is 0 Å². The van der Waals surface area contributed by atoms with E-state index < -0.39 is 15.0 Å². The molecule has 0 aliphatic rings. The van der Waals surface area contributed by atoms with Crippen LogP contribution in [-0.2, 0) is 10.9 Å². The van der Waals surface area contributed by atoms with Gasteiger partial charge in [-0.05, 0) is 69.3 Å². The van der Waals surface area contributed by atoms with Crippen LogP contribution >= 0.6 is 0 Å². The molecule has 0 heterocycles. The molecule has 0 aliphatic carbocycles. The predicted molar refractivity (Wildman–Crippen MR) is 212 cm³/mol. The molecule has 1 nitrogen and oxygen atoms in total. The molecule has 49 heavy (non-hydrogen) atoms. The van der Waals surface area contributed by atoms with Crippen LogP contribution in [0.1, 0.15) is 20.8 Å². The summed E-state index contributed by atoms with van der Waals surface area (Å²) in [6.45, 7) is 6.21. The average molecular weight is 714 g/mol. The summed E-state index contributed by atoms with van der Waals surface area (Å²) in [7, 11) is -0.102. The Morgan fingerprint density at radius 1 is 0.347 bits per heavy atom. The SMILES string of the molecule is CC(C)(C)Oc1ccc([S+](c2ccccc2)c2ccccc2)cc1.c1cc[c]([Ga-]([c]2ccccc2)([c]2ccccc2)[c]2ccccc2)cc1. The summed E-state index contributed by atoms with van der Waals surface area (Å²) in [6, 6.07) is 74.3. The van der Waals surface area contributed by atoms with Gasteiger partial charge in [-0.3, -0.25) is 0 Å². The van der Waals surface area contributed by atoms with Crippen molar-refractivity contribution in [3.05, 3.63) is 206 Å². The van der Waals surface area contributed by atoms with E-state index in [0.717, 1.165) is 5.75 Å². The van der Waals surface area contributed by atoms with E-state index in [0.29, 0.717) is 0 Å². The van der Waals surface area contributed by atoms with Crippen molar-refractivity contribution < 1.29 is 4.74 Å². The van der Waals surface area contributed by atoms with Gasteiger partial charge in [0.15, 0.2) is 14.7 Å². The Labute approximate surface area is 298 Å². The molecule has 0 N–H and O–H groups in total. The normalized spacial score (nSPS) is 11.3. The monoisotopic (exact) mass is 712 g/mol. The molecule has 7 aromatic carbocycles. The quantitative estimate of drug-likeness (QED) is 0.113. The van der Waals surface area contributed by atoms with Crippen LogP contribution in [0, 0.1) is 0 Å². The van der Waals surface area contributed by atoms with E-state index in [4.69, 9.17) is 4.74 Å². The molecular formula is C46H43GaOS. The molecule has 0 amide bonds. The minimum absolute atomic E-state index is 0.102. The summed E-state index contributed by atoms with van der Waals surface area (Å²) >= 11 is -3.21. The van der Waals surface area contributed by atoms with Crippen molar-refractivity contribution in [3.63, 3.8) is 0 Å². The van der Waals surface area contributed by atoms with Gasteiger partial charge in [-0.25, -0.2) is 0 Å². The third-order valence-corrected chi connectivity index (χ3v) is 22.5. The zero-order valence-corrected chi connectivity index (χ0v) is 31.8. The molecule has 0 bridgehead atoms. The van der Waals surface area contributed by atoms with Gasteiger partial charge in [-0.1, -0.05) is 36.4 Å². The number of hydrogen-bond acceptors (Lipinski definition) is 1. The fourth-order valence-electron chi connectivity index (χ4n) is 6.64. The van der Waals surface area contributed by atoms with Crippen molar-refractivity contribution in [2.75, 3.05) is 0 Å². The summed E-state index contributed by atoms with van der Waals surface area (Å²) in [5.74, 6) is 0.913. The van der Waals surface area contributed by atoms with Crippen LogP contribution in [0.15, 0.2) is 221 Å². The molecule has 0 radical (unpaired) electrons. The number of rotatable bonds is 8. The van der Waals surface area contributed by atoms with Gasteiger partial charge < -0.3 is 4.74 Å². The van der Waals surface area contributed by atoms with Gasteiger partial charge in [0.25, 0.3) is 0 Å². The molecular weight excluding hydrogens is 670 g/mol. The fraction of sp³-hybridized carbons (Fsp3) is 0.0870. The molecule has 7 aromatic rings. The second kappa shape index (κ2) is 16.2. The molecule has 0 atom stereocenters. The van der Waals surface area contributed by atoms with Crippen LogP contribution in [0.5, 0.6) is 5.75 Å². The number of benzene rings is 7. The van der Waals surface area contributed by atoms with Crippen LogP contribution < -0.4 is 21.2 Å². The molecule has 7 rings (SSSR count). The van der Waals surface area contributed by atoms with Gasteiger partial charge in [0.05, 0.1) is 10.9 Å². The fourth-order valence-corrected chi connectivity index (χ4v) is 20.3. The van der Waals surface area contributed by atoms with Gasteiger partial charge in [0, 0.05) is 0 Å². The van der Waals surface area contributed by atoms with E-state index in [9.17, 15) is 0 Å². The standard InChI is InChI=1S/C22H23OS.4C6H5.Ga/c1-22(2,3)23-18-14-16-21(17-15-18)24(19-10-6-4-7-11-19)20-12-8-5-9-13-20;4*1-2-4-6-5-3-1;/h4-17H,1-3H3;4*1-5H;/q+1;;;;;-1. The maximum absolute atomic E-state index is 5.95. The third-order valence-electron chi connectivity index (χ3n) is 8.64. The third kappa shape index (κ3) is 8.32. The van der Waals surface area contributed by atoms with Crippen LogP contribution in [0.25, 0.3) is 0 Å². The molecule has 0 aliphatic heterocycles. The zero-order chi connectivity index (χ0) is 33.9. The molecule has 0 saturated carbocycles. The van der Waals surface area contributed by atoms with Crippen molar-refractivity contribution in [3.8, 4) is 5.75 Å². The second-order valence-electron chi connectivity index (χ2n) is 13.1. The Kier molecular flexibility index (Phi) is 11.3. The predicted octanol–water partition coefficient (Wildman–Crippen LogP) is 9.02. The maximum atomic E-state index is 5.95. The van der Waals surface area contributed by atoms with E-state index in [-0.39, 0.29) is 16.5 Å². The first-order valence-corrected chi connectivity index (χ1v) is 23.0. The molecule has 0 spiro atoms. The Balaban J connectivity index is 0.000000170. The van der Waals surface area contributed by atoms with Crippen molar-refractivity contribution in [2.24, 2.45) is 0 Å². The molecule has 0 aromatic heterocycles. The Bertz CT molecular complexity index is 1770.